The molecular weight excluding hydrogens is 439 g/mol. The van der Waals surface area contributed by atoms with E-state index in [1.165, 1.54) is 24.3 Å². The van der Waals surface area contributed by atoms with Crippen LogP contribution in [0, 0.1) is 0 Å². The highest BCUT2D eigenvalue weighted by Crippen LogP contribution is 2.43. The molecule has 3 aromatic carbocycles. The number of alkyl halides is 3. The van der Waals surface area contributed by atoms with E-state index in [-0.39, 0.29) is 22.2 Å². The third-order valence-corrected chi connectivity index (χ3v) is 5.65. The largest absolute Gasteiger partial charge is 0.493 e. The van der Waals surface area contributed by atoms with Gasteiger partial charge in [-0.05, 0) is 60.2 Å². The molecule has 0 unspecified atom stereocenters. The summed E-state index contributed by atoms with van der Waals surface area (Å²) in [4.78, 5) is 12.7. The number of ether oxygens (including phenoxy) is 1. The van der Waals surface area contributed by atoms with Crippen molar-refractivity contribution in [2.45, 2.75) is 31.4 Å². The van der Waals surface area contributed by atoms with Crippen LogP contribution in [0.15, 0.2) is 66.7 Å². The van der Waals surface area contributed by atoms with Gasteiger partial charge >= 0.3 is 6.18 Å². The molecule has 0 aliphatic heterocycles. The van der Waals surface area contributed by atoms with Gasteiger partial charge in [0.25, 0.3) is 5.91 Å². The second-order valence-corrected chi connectivity index (χ2v) is 8.16. The highest BCUT2D eigenvalue weighted by Gasteiger charge is 2.35. The van der Waals surface area contributed by atoms with Crippen molar-refractivity contribution >= 4 is 23.2 Å². The van der Waals surface area contributed by atoms with Crippen LogP contribution in [0.25, 0.3) is 0 Å². The quantitative estimate of drug-likeness (QED) is 0.409. The Morgan fingerprint density at radius 1 is 1.03 bits per heavy atom. The lowest BCUT2D eigenvalue weighted by atomic mass is 10.0. The molecule has 0 spiro atoms. The number of hydrogen-bond donors (Lipinski definition) is 1. The van der Waals surface area contributed by atoms with Crippen molar-refractivity contribution in [3.8, 4) is 5.75 Å². The number of halogens is 4. The Morgan fingerprint density at radius 2 is 1.78 bits per heavy atom. The van der Waals surface area contributed by atoms with Crippen molar-refractivity contribution in [1.29, 1.82) is 0 Å². The van der Waals surface area contributed by atoms with E-state index in [9.17, 15) is 18.0 Å². The lowest BCUT2D eigenvalue weighted by Crippen LogP contribution is -2.17. The first kappa shape index (κ1) is 22.2. The van der Waals surface area contributed by atoms with E-state index in [4.69, 9.17) is 16.3 Å². The van der Waals surface area contributed by atoms with Gasteiger partial charge in [0.05, 0.1) is 28.4 Å². The first-order valence-corrected chi connectivity index (χ1v) is 10.7. The molecular formula is C25H21ClF3NO2. The Balaban J connectivity index is 1.46. The van der Waals surface area contributed by atoms with Crippen molar-refractivity contribution in [1.82, 2.24) is 0 Å². The van der Waals surface area contributed by atoms with Crippen LogP contribution >= 0.6 is 11.6 Å². The van der Waals surface area contributed by atoms with Crippen molar-refractivity contribution in [2.24, 2.45) is 0 Å². The Hall–Kier alpha value is -2.99. The van der Waals surface area contributed by atoms with E-state index < -0.39 is 17.6 Å². The normalized spacial score (nSPS) is 13.6. The number of anilines is 1. The molecule has 1 amide bonds. The fraction of sp³-hybridized carbons (Fsp3) is 0.240. The average molecular weight is 460 g/mol. The van der Waals surface area contributed by atoms with Gasteiger partial charge in [-0.2, -0.15) is 13.2 Å². The molecule has 1 fully saturated rings. The van der Waals surface area contributed by atoms with Crippen LogP contribution < -0.4 is 10.1 Å². The minimum absolute atomic E-state index is 0.0759. The van der Waals surface area contributed by atoms with E-state index in [0.717, 1.165) is 30.0 Å². The first-order chi connectivity index (χ1) is 15.3. The number of benzene rings is 3. The second-order valence-electron chi connectivity index (χ2n) is 7.76. The lowest BCUT2D eigenvalue weighted by Gasteiger charge is -2.16. The summed E-state index contributed by atoms with van der Waals surface area (Å²) in [7, 11) is 0. The molecule has 7 heteroatoms. The SMILES string of the molecule is O=C(Nc1cc(C2CC2)ccc1C(F)(F)F)c1ccc(OCCc2ccccc2)cc1Cl. The Morgan fingerprint density at radius 3 is 2.44 bits per heavy atom. The zero-order valence-electron chi connectivity index (χ0n) is 17.1. The number of rotatable bonds is 7. The molecule has 1 aliphatic carbocycles. The molecule has 166 valence electrons. The van der Waals surface area contributed by atoms with Gasteiger partial charge in [-0.3, -0.25) is 4.79 Å². The number of carbonyl (C=O) groups excluding carboxylic acids is 1. The summed E-state index contributed by atoms with van der Waals surface area (Å²) in [5.74, 6) is 0.0299. The summed E-state index contributed by atoms with van der Waals surface area (Å²) >= 11 is 6.24. The van der Waals surface area contributed by atoms with Gasteiger partial charge in [0, 0.05) is 6.42 Å². The molecule has 0 saturated heterocycles. The highest BCUT2D eigenvalue weighted by molar-refractivity contribution is 6.34. The molecule has 1 N–H and O–H groups in total. The van der Waals surface area contributed by atoms with Crippen molar-refractivity contribution in [2.75, 3.05) is 11.9 Å². The van der Waals surface area contributed by atoms with Crippen LogP contribution in [0.3, 0.4) is 0 Å². The predicted octanol–water partition coefficient (Wildman–Crippen LogP) is 7.11. The molecule has 4 rings (SSSR count). The van der Waals surface area contributed by atoms with E-state index >= 15 is 0 Å². The van der Waals surface area contributed by atoms with Crippen LogP contribution in [0.5, 0.6) is 5.75 Å². The smallest absolute Gasteiger partial charge is 0.418 e. The summed E-state index contributed by atoms with van der Waals surface area (Å²) < 4.78 is 46.0. The molecule has 0 atom stereocenters. The maximum absolute atomic E-state index is 13.4. The zero-order chi connectivity index (χ0) is 22.7. The Bertz CT molecular complexity index is 1110. The topological polar surface area (TPSA) is 38.3 Å². The summed E-state index contributed by atoms with van der Waals surface area (Å²) in [5.41, 5.74) is 0.857. The lowest BCUT2D eigenvalue weighted by molar-refractivity contribution is -0.136. The zero-order valence-corrected chi connectivity index (χ0v) is 17.8. The van der Waals surface area contributed by atoms with Gasteiger partial charge < -0.3 is 10.1 Å². The van der Waals surface area contributed by atoms with Crippen LogP contribution in [-0.4, -0.2) is 12.5 Å². The molecule has 3 aromatic rings. The van der Waals surface area contributed by atoms with Crippen molar-refractivity contribution in [3.63, 3.8) is 0 Å². The fourth-order valence-corrected chi connectivity index (χ4v) is 3.73. The number of hydrogen-bond acceptors (Lipinski definition) is 2. The van der Waals surface area contributed by atoms with Gasteiger partial charge in [0.2, 0.25) is 0 Å². The van der Waals surface area contributed by atoms with Gasteiger partial charge in [0.1, 0.15) is 5.75 Å². The predicted molar refractivity (Wildman–Crippen MR) is 118 cm³/mol. The van der Waals surface area contributed by atoms with Gasteiger partial charge in [-0.1, -0.05) is 48.0 Å². The molecule has 32 heavy (non-hydrogen) atoms. The number of carbonyl (C=O) groups is 1. The van der Waals surface area contributed by atoms with Gasteiger partial charge in [0.15, 0.2) is 0 Å². The highest BCUT2D eigenvalue weighted by atomic mass is 35.5. The number of nitrogens with one attached hydrogen (secondary N) is 1. The van der Waals surface area contributed by atoms with Gasteiger partial charge in [-0.25, -0.2) is 0 Å². The van der Waals surface area contributed by atoms with Crippen LogP contribution in [0.1, 0.15) is 45.8 Å². The van der Waals surface area contributed by atoms with Crippen LogP contribution in [-0.2, 0) is 12.6 Å². The van der Waals surface area contributed by atoms with E-state index in [2.05, 4.69) is 5.32 Å². The van der Waals surface area contributed by atoms with Crippen molar-refractivity contribution in [3.05, 3.63) is 94.0 Å². The third kappa shape index (κ3) is 5.43. The average Bonchev–Trinajstić information content (AvgIpc) is 3.59. The minimum atomic E-state index is -4.58. The molecule has 0 heterocycles. The monoisotopic (exact) mass is 459 g/mol. The summed E-state index contributed by atoms with van der Waals surface area (Å²) in [5, 5.41) is 2.50. The third-order valence-electron chi connectivity index (χ3n) is 5.33. The molecule has 0 bridgehead atoms. The van der Waals surface area contributed by atoms with Crippen LogP contribution in [0.2, 0.25) is 5.02 Å². The van der Waals surface area contributed by atoms with Crippen LogP contribution in [0.4, 0.5) is 18.9 Å². The molecule has 0 aromatic heterocycles. The molecule has 1 aliphatic rings. The second kappa shape index (κ2) is 9.25. The fourth-order valence-electron chi connectivity index (χ4n) is 3.47. The first-order valence-electron chi connectivity index (χ1n) is 10.3. The molecule has 0 radical (unpaired) electrons. The maximum Gasteiger partial charge on any atom is 0.418 e. The molecule has 3 nitrogen and oxygen atoms in total. The minimum Gasteiger partial charge on any atom is -0.493 e. The Kier molecular flexibility index (Phi) is 6.42. The van der Waals surface area contributed by atoms with E-state index in [1.54, 1.807) is 6.07 Å². The summed E-state index contributed by atoms with van der Waals surface area (Å²) in [6.45, 7) is 0.425. The number of amides is 1. The van der Waals surface area contributed by atoms with Crippen molar-refractivity contribution < 1.29 is 22.7 Å². The van der Waals surface area contributed by atoms with Gasteiger partial charge in [-0.15, -0.1) is 0 Å². The van der Waals surface area contributed by atoms with E-state index in [0.29, 0.717) is 18.8 Å². The summed E-state index contributed by atoms with van der Waals surface area (Å²) in [6, 6.07) is 18.3. The standard InChI is InChI=1S/C25H21ClF3NO2/c26-22-15-19(32-13-12-16-4-2-1-3-5-16)9-10-20(22)24(31)30-23-14-18(17-6-7-17)8-11-21(23)25(27,28)29/h1-5,8-11,14-15,17H,6-7,12-13H2,(H,30,31). The molecule has 1 saturated carbocycles. The Labute approximate surface area is 189 Å². The maximum atomic E-state index is 13.4. The van der Waals surface area contributed by atoms with E-state index in [1.807, 2.05) is 30.3 Å². The summed E-state index contributed by atoms with van der Waals surface area (Å²) in [6.07, 6.45) is -1.99.